The number of nitrogens with zero attached hydrogens (tertiary/aromatic N) is 1. The Bertz CT molecular complexity index is 1250. The molecule has 0 fully saturated rings. The van der Waals surface area contributed by atoms with Gasteiger partial charge < -0.3 is 20.5 Å². The van der Waals surface area contributed by atoms with Gasteiger partial charge in [0, 0.05) is 32.8 Å². The Morgan fingerprint density at radius 1 is 0.794 bits per heavy atom. The first-order valence-corrected chi connectivity index (χ1v) is 11.1. The van der Waals surface area contributed by atoms with Gasteiger partial charge in [0.05, 0.1) is 0 Å². The van der Waals surface area contributed by atoms with Gasteiger partial charge in [-0.25, -0.2) is 4.98 Å². The van der Waals surface area contributed by atoms with Crippen LogP contribution in [0.5, 0.6) is 11.5 Å². The number of carbonyl (C=O) groups is 1. The second kappa shape index (κ2) is 10.9. The zero-order valence-electron chi connectivity index (χ0n) is 18.0. The van der Waals surface area contributed by atoms with E-state index in [4.69, 9.17) is 38.4 Å². The van der Waals surface area contributed by atoms with E-state index in [1.807, 2.05) is 36.4 Å². The maximum Gasteiger partial charge on any atom is 0.257 e. The quantitative estimate of drug-likeness (QED) is 0.297. The van der Waals surface area contributed by atoms with Crippen molar-refractivity contribution < 1.29 is 14.3 Å². The molecular formula is C26H21Cl2N3O3. The van der Waals surface area contributed by atoms with Gasteiger partial charge in [-0.05, 0) is 36.4 Å². The number of anilines is 2. The summed E-state index contributed by atoms with van der Waals surface area (Å²) in [6.07, 6.45) is 0. The van der Waals surface area contributed by atoms with Crippen molar-refractivity contribution in [3.8, 4) is 11.5 Å². The summed E-state index contributed by atoms with van der Waals surface area (Å²) in [5.74, 6) is 1.15. The average molecular weight is 494 g/mol. The Labute approximate surface area is 207 Å². The number of rotatable bonds is 8. The largest absolute Gasteiger partial charge is 0.489 e. The molecule has 0 aliphatic heterocycles. The lowest BCUT2D eigenvalue weighted by Gasteiger charge is -2.14. The Hall–Kier alpha value is -3.74. The number of ether oxygens (including phenoxy) is 2. The minimum Gasteiger partial charge on any atom is -0.489 e. The van der Waals surface area contributed by atoms with Gasteiger partial charge in [0.15, 0.2) is 0 Å². The molecule has 4 rings (SSSR count). The summed E-state index contributed by atoms with van der Waals surface area (Å²) >= 11 is 12.5. The third-order valence-corrected chi connectivity index (χ3v) is 5.60. The number of pyridine rings is 1. The molecule has 1 amide bonds. The number of halogens is 2. The predicted molar refractivity (Wildman–Crippen MR) is 135 cm³/mol. The van der Waals surface area contributed by atoms with Gasteiger partial charge in [-0.1, -0.05) is 65.7 Å². The van der Waals surface area contributed by atoms with Crippen molar-refractivity contribution in [1.82, 2.24) is 4.98 Å². The van der Waals surface area contributed by atoms with Crippen LogP contribution in [0, 0.1) is 0 Å². The number of hydrogen-bond acceptors (Lipinski definition) is 5. The van der Waals surface area contributed by atoms with Gasteiger partial charge >= 0.3 is 0 Å². The van der Waals surface area contributed by atoms with Crippen LogP contribution in [-0.2, 0) is 13.2 Å². The number of hydrogen-bond donors (Lipinski definition) is 2. The standard InChI is InChI=1S/C26H21Cl2N3O3/c27-22-8-3-1-6-17(22)15-33-20-12-19(26(32)31-25-11-5-10-24(29)30-25)13-21(14-20)34-16-18-7-2-4-9-23(18)28/h1-14H,15-16H2,(H3,29,30,31,32). The smallest absolute Gasteiger partial charge is 0.257 e. The lowest BCUT2D eigenvalue weighted by molar-refractivity contribution is 0.102. The maximum atomic E-state index is 12.9. The summed E-state index contributed by atoms with van der Waals surface area (Å²) in [5.41, 5.74) is 7.68. The van der Waals surface area contributed by atoms with E-state index >= 15 is 0 Å². The van der Waals surface area contributed by atoms with Gasteiger partial charge in [0.25, 0.3) is 5.91 Å². The van der Waals surface area contributed by atoms with Gasteiger partial charge in [-0.2, -0.15) is 0 Å². The van der Waals surface area contributed by atoms with Crippen LogP contribution in [0.1, 0.15) is 21.5 Å². The topological polar surface area (TPSA) is 86.5 Å². The molecular weight excluding hydrogens is 473 g/mol. The van der Waals surface area contributed by atoms with E-state index in [2.05, 4.69) is 10.3 Å². The van der Waals surface area contributed by atoms with Crippen LogP contribution in [0.15, 0.2) is 84.9 Å². The summed E-state index contributed by atoms with van der Waals surface area (Å²) in [6.45, 7) is 0.455. The van der Waals surface area contributed by atoms with Gasteiger partial charge in [0.2, 0.25) is 0 Å². The van der Waals surface area contributed by atoms with Crippen molar-refractivity contribution in [1.29, 1.82) is 0 Å². The number of benzene rings is 3. The zero-order chi connectivity index (χ0) is 23.9. The van der Waals surface area contributed by atoms with Crippen molar-refractivity contribution >= 4 is 40.7 Å². The Balaban J connectivity index is 1.57. The van der Waals surface area contributed by atoms with Crippen molar-refractivity contribution in [3.05, 3.63) is 112 Å². The van der Waals surface area contributed by atoms with Crippen LogP contribution in [-0.4, -0.2) is 10.9 Å². The fourth-order valence-electron chi connectivity index (χ4n) is 3.13. The van der Waals surface area contributed by atoms with Gasteiger partial charge in [0.1, 0.15) is 36.3 Å². The summed E-state index contributed by atoms with van der Waals surface area (Å²) in [7, 11) is 0. The molecule has 0 radical (unpaired) electrons. The van der Waals surface area contributed by atoms with Gasteiger partial charge in [-0.3, -0.25) is 4.79 Å². The number of nitrogens with one attached hydrogen (secondary N) is 1. The van der Waals surface area contributed by atoms with Crippen LogP contribution in [0.3, 0.4) is 0 Å². The highest BCUT2D eigenvalue weighted by atomic mass is 35.5. The fraction of sp³-hybridized carbons (Fsp3) is 0.0769. The monoisotopic (exact) mass is 493 g/mol. The highest BCUT2D eigenvalue weighted by Crippen LogP contribution is 2.27. The normalized spacial score (nSPS) is 10.5. The molecule has 0 atom stereocenters. The highest BCUT2D eigenvalue weighted by molar-refractivity contribution is 6.31. The number of carbonyl (C=O) groups excluding carboxylic acids is 1. The van der Waals surface area contributed by atoms with E-state index in [1.165, 1.54) is 0 Å². The summed E-state index contributed by atoms with van der Waals surface area (Å²) < 4.78 is 11.9. The van der Waals surface area contributed by atoms with Crippen molar-refractivity contribution in [2.24, 2.45) is 0 Å². The molecule has 0 unspecified atom stereocenters. The lowest BCUT2D eigenvalue weighted by Crippen LogP contribution is -2.14. The second-order valence-electron chi connectivity index (χ2n) is 7.36. The zero-order valence-corrected chi connectivity index (χ0v) is 19.5. The van der Waals surface area contributed by atoms with Crippen LogP contribution < -0.4 is 20.5 Å². The predicted octanol–water partition coefficient (Wildman–Crippen LogP) is 6.38. The minimum atomic E-state index is -0.385. The second-order valence-corrected chi connectivity index (χ2v) is 8.17. The van der Waals surface area contributed by atoms with E-state index in [-0.39, 0.29) is 19.1 Å². The maximum absolute atomic E-state index is 12.9. The number of nitrogen functional groups attached to an aromatic ring is 1. The molecule has 1 aromatic heterocycles. The molecule has 0 saturated carbocycles. The first-order valence-electron chi connectivity index (χ1n) is 10.4. The third kappa shape index (κ3) is 6.19. The third-order valence-electron chi connectivity index (χ3n) is 4.86. The van der Waals surface area contributed by atoms with Crippen LogP contribution in [0.4, 0.5) is 11.6 Å². The molecule has 0 spiro atoms. The van der Waals surface area contributed by atoms with E-state index in [9.17, 15) is 4.79 Å². The highest BCUT2D eigenvalue weighted by Gasteiger charge is 2.13. The fourth-order valence-corrected chi connectivity index (χ4v) is 3.51. The SMILES string of the molecule is Nc1cccc(NC(=O)c2cc(OCc3ccccc3Cl)cc(OCc3ccccc3Cl)c2)n1. The molecule has 3 N–H and O–H groups in total. The number of nitrogens with two attached hydrogens (primary N) is 1. The molecule has 4 aromatic rings. The average Bonchev–Trinajstić information content (AvgIpc) is 2.83. The molecule has 0 saturated heterocycles. The minimum absolute atomic E-state index is 0.228. The molecule has 3 aromatic carbocycles. The van der Waals surface area contributed by atoms with E-state index < -0.39 is 0 Å². The molecule has 0 aliphatic rings. The van der Waals surface area contributed by atoms with E-state index in [0.29, 0.717) is 38.7 Å². The summed E-state index contributed by atoms with van der Waals surface area (Å²) in [6, 6.07) is 24.8. The first-order chi connectivity index (χ1) is 16.5. The summed E-state index contributed by atoms with van der Waals surface area (Å²) in [5, 5.41) is 3.93. The summed E-state index contributed by atoms with van der Waals surface area (Å²) in [4.78, 5) is 17.1. The number of amides is 1. The van der Waals surface area contributed by atoms with Crippen molar-refractivity contribution in [2.45, 2.75) is 13.2 Å². The van der Waals surface area contributed by atoms with Gasteiger partial charge in [-0.15, -0.1) is 0 Å². The molecule has 172 valence electrons. The Kier molecular flexibility index (Phi) is 7.52. The molecule has 0 aliphatic carbocycles. The Morgan fingerprint density at radius 2 is 1.35 bits per heavy atom. The van der Waals surface area contributed by atoms with Crippen molar-refractivity contribution in [2.75, 3.05) is 11.1 Å². The first kappa shape index (κ1) is 23.4. The Morgan fingerprint density at radius 3 is 1.88 bits per heavy atom. The van der Waals surface area contributed by atoms with Crippen molar-refractivity contribution in [3.63, 3.8) is 0 Å². The molecule has 34 heavy (non-hydrogen) atoms. The van der Waals surface area contributed by atoms with E-state index in [1.54, 1.807) is 48.5 Å². The van der Waals surface area contributed by atoms with Crippen LogP contribution in [0.25, 0.3) is 0 Å². The lowest BCUT2D eigenvalue weighted by atomic mass is 10.1. The molecule has 1 heterocycles. The van der Waals surface area contributed by atoms with E-state index in [0.717, 1.165) is 11.1 Å². The molecule has 8 heteroatoms. The van der Waals surface area contributed by atoms with Crippen LogP contribution >= 0.6 is 23.2 Å². The van der Waals surface area contributed by atoms with Crippen LogP contribution in [0.2, 0.25) is 10.0 Å². The number of aromatic nitrogens is 1. The molecule has 0 bridgehead atoms. The molecule has 6 nitrogen and oxygen atoms in total.